The van der Waals surface area contributed by atoms with E-state index in [1.807, 2.05) is 36.6 Å². The molecule has 1 amide bonds. The highest BCUT2D eigenvalue weighted by Crippen LogP contribution is 2.26. The summed E-state index contributed by atoms with van der Waals surface area (Å²) in [6.45, 7) is 8.70. The molecule has 1 aromatic carbocycles. The molecule has 3 atom stereocenters. The Morgan fingerprint density at radius 2 is 2.04 bits per heavy atom. The summed E-state index contributed by atoms with van der Waals surface area (Å²) >= 11 is 6.44. The normalized spacial score (nSPS) is 21.8. The second-order valence-electron chi connectivity index (χ2n) is 6.80. The maximum atomic E-state index is 12.5. The number of hydrogen-bond donors (Lipinski definition) is 1. The number of halogens is 1. The monoisotopic (exact) mass is 469 g/mol. The highest BCUT2D eigenvalue weighted by molar-refractivity contribution is 9.10. The van der Waals surface area contributed by atoms with Crippen molar-refractivity contribution in [3.63, 3.8) is 0 Å². The summed E-state index contributed by atoms with van der Waals surface area (Å²) in [5.74, 6) is -0.0302. The second kappa shape index (κ2) is 9.52. The van der Waals surface area contributed by atoms with Crippen LogP contribution in [0.1, 0.15) is 26.5 Å². The van der Waals surface area contributed by atoms with Gasteiger partial charge in [0.15, 0.2) is 5.13 Å². The number of carbonyl (C=O) groups excluding carboxylic acids is 1. The van der Waals surface area contributed by atoms with E-state index in [2.05, 4.69) is 45.0 Å². The maximum Gasteiger partial charge on any atom is 0.239 e. The van der Waals surface area contributed by atoms with Gasteiger partial charge in [0.05, 0.1) is 23.2 Å². The van der Waals surface area contributed by atoms with Crippen LogP contribution in [-0.2, 0) is 16.1 Å². The molecule has 1 aliphatic rings. The van der Waals surface area contributed by atoms with Gasteiger partial charge in [0.2, 0.25) is 5.91 Å². The van der Waals surface area contributed by atoms with Gasteiger partial charge in [-0.05, 0) is 45.0 Å². The van der Waals surface area contributed by atoms with Gasteiger partial charge in [-0.3, -0.25) is 9.69 Å². The highest BCUT2D eigenvalue weighted by Gasteiger charge is 2.23. The first-order chi connectivity index (χ1) is 12.9. The van der Waals surface area contributed by atoms with Gasteiger partial charge < -0.3 is 10.1 Å². The summed E-state index contributed by atoms with van der Waals surface area (Å²) in [5.41, 5.74) is 0.991. The molecule has 1 fully saturated rings. The third kappa shape index (κ3) is 6.29. The fraction of sp³-hybridized carbons (Fsp3) is 0.474. The summed E-state index contributed by atoms with van der Waals surface area (Å²) in [6, 6.07) is 7.97. The van der Waals surface area contributed by atoms with Crippen molar-refractivity contribution in [2.45, 2.75) is 49.7 Å². The summed E-state index contributed by atoms with van der Waals surface area (Å²) in [6.07, 6.45) is 0.478. The standard InChI is InChI=1S/C19H24BrN3O2S2/c1-12-8-23(9-13(2)25-12)10-16-11-26-19(21-16)22-18(24)14(3)27-17-6-4-15(20)5-7-17/h4-7,11-14H,8-10H2,1-3H3,(H,21,22,24). The van der Waals surface area contributed by atoms with Crippen molar-refractivity contribution < 1.29 is 9.53 Å². The lowest BCUT2D eigenvalue weighted by atomic mass is 10.2. The zero-order valence-electron chi connectivity index (χ0n) is 15.6. The Hall–Kier alpha value is -0.930. The molecule has 0 radical (unpaired) electrons. The number of nitrogens with one attached hydrogen (secondary N) is 1. The maximum absolute atomic E-state index is 12.5. The molecule has 1 N–H and O–H groups in total. The topological polar surface area (TPSA) is 54.5 Å². The van der Waals surface area contributed by atoms with Gasteiger partial charge in [-0.2, -0.15) is 0 Å². The molecule has 3 unspecified atom stereocenters. The first-order valence-electron chi connectivity index (χ1n) is 8.94. The molecular formula is C19H24BrN3O2S2. The molecule has 146 valence electrons. The molecule has 2 heterocycles. The van der Waals surface area contributed by atoms with E-state index in [-0.39, 0.29) is 23.4 Å². The number of anilines is 1. The number of carbonyl (C=O) groups is 1. The average Bonchev–Trinajstić information content (AvgIpc) is 3.02. The van der Waals surface area contributed by atoms with E-state index in [4.69, 9.17) is 4.74 Å². The molecule has 8 heteroatoms. The smallest absolute Gasteiger partial charge is 0.239 e. The van der Waals surface area contributed by atoms with Crippen LogP contribution >= 0.6 is 39.0 Å². The van der Waals surface area contributed by atoms with Crippen LogP contribution < -0.4 is 5.32 Å². The summed E-state index contributed by atoms with van der Waals surface area (Å²) in [4.78, 5) is 20.5. The number of nitrogens with zero attached hydrogens (tertiary/aromatic N) is 2. The molecule has 1 saturated heterocycles. The average molecular weight is 470 g/mol. The fourth-order valence-electron chi connectivity index (χ4n) is 3.06. The second-order valence-corrected chi connectivity index (χ2v) is 9.99. The minimum absolute atomic E-state index is 0.0302. The van der Waals surface area contributed by atoms with Gasteiger partial charge in [0, 0.05) is 34.4 Å². The number of amides is 1. The van der Waals surface area contributed by atoms with E-state index in [1.165, 1.54) is 23.1 Å². The molecule has 0 saturated carbocycles. The molecule has 0 spiro atoms. The first-order valence-corrected chi connectivity index (χ1v) is 11.5. The lowest BCUT2D eigenvalue weighted by Gasteiger charge is -2.34. The van der Waals surface area contributed by atoms with Gasteiger partial charge in [0.25, 0.3) is 0 Å². The molecule has 0 bridgehead atoms. The van der Waals surface area contributed by atoms with Crippen molar-refractivity contribution in [2.24, 2.45) is 0 Å². The number of benzene rings is 1. The Balaban J connectivity index is 1.52. The molecule has 5 nitrogen and oxygen atoms in total. The van der Waals surface area contributed by atoms with Crippen LogP contribution in [0.2, 0.25) is 0 Å². The van der Waals surface area contributed by atoms with E-state index in [1.54, 1.807) is 0 Å². The van der Waals surface area contributed by atoms with Crippen LogP contribution in [0.4, 0.5) is 5.13 Å². The largest absolute Gasteiger partial charge is 0.373 e. The predicted molar refractivity (Wildman–Crippen MR) is 115 cm³/mol. The van der Waals surface area contributed by atoms with Gasteiger partial charge in [0.1, 0.15) is 0 Å². The molecule has 1 aromatic heterocycles. The number of morpholine rings is 1. The first kappa shape index (κ1) is 20.8. The Kier molecular flexibility index (Phi) is 7.33. The predicted octanol–water partition coefficient (Wildman–Crippen LogP) is 4.63. The van der Waals surface area contributed by atoms with Crippen LogP contribution in [0.25, 0.3) is 0 Å². The van der Waals surface area contributed by atoms with Crippen molar-refractivity contribution >= 4 is 50.1 Å². The summed E-state index contributed by atoms with van der Waals surface area (Å²) < 4.78 is 6.80. The number of aromatic nitrogens is 1. The molecule has 1 aliphatic heterocycles. The third-order valence-corrected chi connectivity index (χ3v) is 6.61. The lowest BCUT2D eigenvalue weighted by molar-refractivity contribution is -0.115. The van der Waals surface area contributed by atoms with Gasteiger partial charge in [-0.1, -0.05) is 15.9 Å². The van der Waals surface area contributed by atoms with Crippen molar-refractivity contribution in [2.75, 3.05) is 18.4 Å². The zero-order chi connectivity index (χ0) is 19.4. The molecule has 0 aliphatic carbocycles. The Labute approximate surface area is 177 Å². The van der Waals surface area contributed by atoms with Crippen molar-refractivity contribution in [3.05, 3.63) is 39.8 Å². The lowest BCUT2D eigenvalue weighted by Crippen LogP contribution is -2.44. The van der Waals surface area contributed by atoms with Crippen LogP contribution in [0.5, 0.6) is 0 Å². The minimum atomic E-state index is -0.195. The van der Waals surface area contributed by atoms with Crippen molar-refractivity contribution in [1.82, 2.24) is 9.88 Å². The fourth-order valence-corrected chi connectivity index (χ4v) is 4.89. The van der Waals surface area contributed by atoms with Gasteiger partial charge in [-0.25, -0.2) is 4.98 Å². The van der Waals surface area contributed by atoms with E-state index >= 15 is 0 Å². The number of ether oxygens (including phenoxy) is 1. The summed E-state index contributed by atoms with van der Waals surface area (Å²) in [7, 11) is 0. The van der Waals surface area contributed by atoms with E-state index < -0.39 is 0 Å². The molecule has 3 rings (SSSR count). The van der Waals surface area contributed by atoms with Crippen molar-refractivity contribution in [3.8, 4) is 0 Å². The van der Waals surface area contributed by atoms with Gasteiger partial charge >= 0.3 is 0 Å². The zero-order valence-corrected chi connectivity index (χ0v) is 18.9. The van der Waals surface area contributed by atoms with Crippen LogP contribution in [0.3, 0.4) is 0 Å². The van der Waals surface area contributed by atoms with Gasteiger partial charge in [-0.15, -0.1) is 23.1 Å². The quantitative estimate of drug-likeness (QED) is 0.624. The minimum Gasteiger partial charge on any atom is -0.373 e. The Bertz CT molecular complexity index is 759. The molecule has 27 heavy (non-hydrogen) atoms. The number of thiazole rings is 1. The Morgan fingerprint density at radius 3 is 2.70 bits per heavy atom. The van der Waals surface area contributed by atoms with Crippen LogP contribution in [0.15, 0.2) is 39.0 Å². The summed E-state index contributed by atoms with van der Waals surface area (Å²) in [5, 5.41) is 5.43. The molecule has 2 aromatic rings. The number of hydrogen-bond acceptors (Lipinski definition) is 6. The number of rotatable bonds is 6. The van der Waals surface area contributed by atoms with E-state index in [0.717, 1.165) is 34.7 Å². The SMILES string of the molecule is CC1CN(Cc2csc(NC(=O)C(C)Sc3ccc(Br)cc3)n2)CC(C)O1. The van der Waals surface area contributed by atoms with E-state index in [9.17, 15) is 4.79 Å². The highest BCUT2D eigenvalue weighted by atomic mass is 79.9. The van der Waals surface area contributed by atoms with Crippen molar-refractivity contribution in [1.29, 1.82) is 0 Å². The van der Waals surface area contributed by atoms with Crippen LogP contribution in [0, 0.1) is 0 Å². The molecular weight excluding hydrogens is 446 g/mol. The van der Waals surface area contributed by atoms with Crippen LogP contribution in [-0.4, -0.2) is 46.3 Å². The Morgan fingerprint density at radius 1 is 1.37 bits per heavy atom. The third-order valence-electron chi connectivity index (χ3n) is 4.16. The number of thioether (sulfide) groups is 1. The van der Waals surface area contributed by atoms with E-state index in [0.29, 0.717) is 5.13 Å².